The second-order valence-electron chi connectivity index (χ2n) is 3.80. The van der Waals surface area contributed by atoms with Crippen molar-refractivity contribution in [2.75, 3.05) is 20.3 Å². The van der Waals surface area contributed by atoms with Crippen molar-refractivity contribution in [2.45, 2.75) is 25.3 Å². The average Bonchev–Trinajstić information content (AvgIpc) is 1.78. The van der Waals surface area contributed by atoms with Gasteiger partial charge in [-0.25, -0.2) is 0 Å². The summed E-state index contributed by atoms with van der Waals surface area (Å²) in [6.45, 7) is 1.98. The van der Waals surface area contributed by atoms with E-state index in [2.05, 4.69) is 12.4 Å². The maximum absolute atomic E-state index is 5.20. The van der Waals surface area contributed by atoms with Crippen LogP contribution in [0, 0.1) is 11.8 Å². The van der Waals surface area contributed by atoms with Gasteiger partial charge in [0.25, 0.3) is 0 Å². The van der Waals surface area contributed by atoms with Crippen LogP contribution in [0.3, 0.4) is 0 Å². The summed E-state index contributed by atoms with van der Waals surface area (Å²) in [7, 11) is 2.08. The molecule has 1 N–H and O–H groups in total. The zero-order chi connectivity index (χ0) is 7.68. The molecule has 2 aliphatic rings. The van der Waals surface area contributed by atoms with E-state index >= 15 is 0 Å². The normalized spacial score (nSPS) is 29.2. The van der Waals surface area contributed by atoms with Gasteiger partial charge in [0.15, 0.2) is 0 Å². The molecule has 0 spiro atoms. The summed E-state index contributed by atoms with van der Waals surface area (Å²) in [6, 6.07) is 0.748. The lowest BCUT2D eigenvalue weighted by atomic mass is 9.74. The highest BCUT2D eigenvalue weighted by Gasteiger charge is 2.35. The smallest absolute Gasteiger partial charge is 0.0531 e. The number of nitrogens with one attached hydrogen (secondary N) is 1. The van der Waals surface area contributed by atoms with Crippen LogP contribution in [0.2, 0.25) is 0 Å². The predicted molar refractivity (Wildman–Crippen MR) is 44.5 cm³/mol. The van der Waals surface area contributed by atoms with Gasteiger partial charge in [-0.15, -0.1) is 0 Å². The third kappa shape index (κ3) is 1.30. The first kappa shape index (κ1) is 7.56. The van der Waals surface area contributed by atoms with E-state index in [1.54, 1.807) is 0 Å². The van der Waals surface area contributed by atoms with Crippen LogP contribution in [-0.2, 0) is 4.74 Å². The first-order chi connectivity index (χ1) is 5.42. The molecule has 64 valence electrons. The molecule has 1 aliphatic heterocycles. The second-order valence-corrected chi connectivity index (χ2v) is 3.80. The molecular weight excluding hydrogens is 138 g/mol. The van der Waals surface area contributed by atoms with Gasteiger partial charge in [0.2, 0.25) is 0 Å². The lowest BCUT2D eigenvalue weighted by Crippen LogP contribution is -2.50. The molecule has 1 saturated carbocycles. The minimum Gasteiger partial charge on any atom is -0.381 e. The summed E-state index contributed by atoms with van der Waals surface area (Å²) in [5, 5.41) is 3.43. The van der Waals surface area contributed by atoms with Crippen molar-refractivity contribution >= 4 is 0 Å². The van der Waals surface area contributed by atoms with Gasteiger partial charge in [-0.3, -0.25) is 0 Å². The van der Waals surface area contributed by atoms with Crippen LogP contribution in [0.4, 0.5) is 0 Å². The highest BCUT2D eigenvalue weighted by atomic mass is 16.5. The molecule has 1 aliphatic carbocycles. The summed E-state index contributed by atoms with van der Waals surface area (Å²) < 4.78 is 5.20. The summed E-state index contributed by atoms with van der Waals surface area (Å²) in [5.74, 6) is 1.76. The van der Waals surface area contributed by atoms with Gasteiger partial charge in [-0.1, -0.05) is 6.42 Å². The first-order valence-corrected chi connectivity index (χ1v) is 4.67. The van der Waals surface area contributed by atoms with E-state index in [1.165, 1.54) is 19.3 Å². The molecule has 0 amide bonds. The Hall–Kier alpha value is -0.0800. The first-order valence-electron chi connectivity index (χ1n) is 4.67. The number of ether oxygens (including phenoxy) is 1. The van der Waals surface area contributed by atoms with E-state index < -0.39 is 0 Å². The fourth-order valence-corrected chi connectivity index (χ4v) is 2.12. The summed E-state index contributed by atoms with van der Waals surface area (Å²) in [6.07, 6.45) is 4.31. The Labute approximate surface area is 68.3 Å². The van der Waals surface area contributed by atoms with Gasteiger partial charge in [-0.05, 0) is 25.8 Å². The minimum atomic E-state index is 0.748. The van der Waals surface area contributed by atoms with E-state index in [0.29, 0.717) is 0 Å². The summed E-state index contributed by atoms with van der Waals surface area (Å²) in [4.78, 5) is 0. The van der Waals surface area contributed by atoms with Crippen molar-refractivity contribution in [2.24, 2.45) is 11.8 Å². The van der Waals surface area contributed by atoms with Gasteiger partial charge in [0.1, 0.15) is 0 Å². The lowest BCUT2D eigenvalue weighted by Gasteiger charge is -2.42. The van der Waals surface area contributed by atoms with E-state index in [-0.39, 0.29) is 0 Å². The Bertz CT molecular complexity index is 116. The zero-order valence-corrected chi connectivity index (χ0v) is 7.18. The largest absolute Gasteiger partial charge is 0.381 e. The third-order valence-electron chi connectivity index (χ3n) is 3.16. The summed E-state index contributed by atoms with van der Waals surface area (Å²) in [5.41, 5.74) is 0. The standard InChI is InChI=1S/C9H17NO/c1-10-9(7-3-2-4-7)8-5-11-6-8/h7-10H,2-6H2,1H3. The van der Waals surface area contributed by atoms with E-state index in [9.17, 15) is 0 Å². The quantitative estimate of drug-likeness (QED) is 0.657. The molecule has 0 aromatic carbocycles. The summed E-state index contributed by atoms with van der Waals surface area (Å²) >= 11 is 0. The van der Waals surface area contributed by atoms with Crippen molar-refractivity contribution in [1.29, 1.82) is 0 Å². The fourth-order valence-electron chi connectivity index (χ4n) is 2.12. The molecule has 1 heterocycles. The topological polar surface area (TPSA) is 21.3 Å². The molecule has 1 saturated heterocycles. The molecule has 0 aromatic rings. The molecule has 1 unspecified atom stereocenters. The monoisotopic (exact) mass is 155 g/mol. The Balaban J connectivity index is 1.83. The van der Waals surface area contributed by atoms with Crippen molar-refractivity contribution in [3.8, 4) is 0 Å². The SMILES string of the molecule is CNC(C1CCC1)C1COC1. The third-order valence-corrected chi connectivity index (χ3v) is 3.16. The second kappa shape index (κ2) is 3.11. The zero-order valence-electron chi connectivity index (χ0n) is 7.18. The van der Waals surface area contributed by atoms with Gasteiger partial charge in [0.05, 0.1) is 13.2 Å². The van der Waals surface area contributed by atoms with Gasteiger partial charge >= 0.3 is 0 Å². The number of hydrogen-bond donors (Lipinski definition) is 1. The van der Waals surface area contributed by atoms with Crippen molar-refractivity contribution in [3.05, 3.63) is 0 Å². The average molecular weight is 155 g/mol. The van der Waals surface area contributed by atoms with Crippen molar-refractivity contribution < 1.29 is 4.74 Å². The van der Waals surface area contributed by atoms with Crippen LogP contribution in [0.5, 0.6) is 0 Å². The Morgan fingerprint density at radius 2 is 2.00 bits per heavy atom. The maximum Gasteiger partial charge on any atom is 0.0531 e. The lowest BCUT2D eigenvalue weighted by molar-refractivity contribution is -0.0647. The van der Waals surface area contributed by atoms with Gasteiger partial charge in [-0.2, -0.15) is 0 Å². The molecule has 0 radical (unpaired) electrons. The molecule has 2 heteroatoms. The molecular formula is C9H17NO. The molecule has 11 heavy (non-hydrogen) atoms. The molecule has 0 aromatic heterocycles. The number of hydrogen-bond acceptors (Lipinski definition) is 2. The minimum absolute atomic E-state index is 0.748. The Kier molecular flexibility index (Phi) is 2.14. The van der Waals surface area contributed by atoms with E-state index in [4.69, 9.17) is 4.74 Å². The highest BCUT2D eigenvalue weighted by Crippen LogP contribution is 2.34. The molecule has 2 nitrogen and oxygen atoms in total. The van der Waals surface area contributed by atoms with Crippen LogP contribution in [0.25, 0.3) is 0 Å². The Morgan fingerprint density at radius 1 is 1.27 bits per heavy atom. The molecule has 1 atom stereocenters. The van der Waals surface area contributed by atoms with Crippen LogP contribution in [-0.4, -0.2) is 26.3 Å². The van der Waals surface area contributed by atoms with Gasteiger partial charge in [0, 0.05) is 12.0 Å². The van der Waals surface area contributed by atoms with Crippen LogP contribution < -0.4 is 5.32 Å². The predicted octanol–water partition coefficient (Wildman–Crippen LogP) is 1.02. The van der Waals surface area contributed by atoms with E-state index in [0.717, 1.165) is 31.1 Å². The van der Waals surface area contributed by atoms with Crippen molar-refractivity contribution in [3.63, 3.8) is 0 Å². The maximum atomic E-state index is 5.20. The van der Waals surface area contributed by atoms with Crippen LogP contribution >= 0.6 is 0 Å². The Morgan fingerprint density at radius 3 is 2.27 bits per heavy atom. The fraction of sp³-hybridized carbons (Fsp3) is 1.00. The van der Waals surface area contributed by atoms with Gasteiger partial charge < -0.3 is 10.1 Å². The van der Waals surface area contributed by atoms with Crippen LogP contribution in [0.1, 0.15) is 19.3 Å². The molecule has 2 fully saturated rings. The van der Waals surface area contributed by atoms with E-state index in [1.807, 2.05) is 0 Å². The van der Waals surface area contributed by atoms with Crippen LogP contribution in [0.15, 0.2) is 0 Å². The molecule has 2 rings (SSSR count). The highest BCUT2D eigenvalue weighted by molar-refractivity contribution is 4.89. The number of rotatable bonds is 3. The molecule has 0 bridgehead atoms. The van der Waals surface area contributed by atoms with Crippen molar-refractivity contribution in [1.82, 2.24) is 5.32 Å².